The molecule has 1 aliphatic carbocycles. The second-order valence-electron chi connectivity index (χ2n) is 12.6. The van der Waals surface area contributed by atoms with Crippen LogP contribution in [0.15, 0.2) is 73.3 Å². The highest BCUT2D eigenvalue weighted by Gasteiger charge is 2.78. The van der Waals surface area contributed by atoms with E-state index in [0.29, 0.717) is 23.8 Å². The predicted octanol–water partition coefficient (Wildman–Crippen LogP) is 7.38. The predicted molar refractivity (Wildman–Crippen MR) is 159 cm³/mol. The number of para-hydroxylation sites is 2. The van der Waals surface area contributed by atoms with Crippen LogP contribution in [0.5, 0.6) is 0 Å². The number of anilines is 4. The van der Waals surface area contributed by atoms with E-state index in [2.05, 4.69) is 108 Å². The van der Waals surface area contributed by atoms with Gasteiger partial charge in [-0.1, -0.05) is 63.2 Å². The highest BCUT2D eigenvalue weighted by Crippen LogP contribution is 2.80. The van der Waals surface area contributed by atoms with Crippen molar-refractivity contribution in [1.29, 1.82) is 0 Å². The van der Waals surface area contributed by atoms with Crippen molar-refractivity contribution in [3.8, 4) is 0 Å². The summed E-state index contributed by atoms with van der Waals surface area (Å²) in [6.45, 7) is 7.43. The molecule has 200 valence electrons. The van der Waals surface area contributed by atoms with Gasteiger partial charge in [-0.15, -0.1) is 0 Å². The van der Waals surface area contributed by atoms with Gasteiger partial charge in [0.1, 0.15) is 18.2 Å². The van der Waals surface area contributed by atoms with E-state index in [1.165, 1.54) is 36.2 Å². The van der Waals surface area contributed by atoms with Gasteiger partial charge in [-0.2, -0.15) is 0 Å². The number of aromatic nitrogens is 2. The van der Waals surface area contributed by atoms with Crippen molar-refractivity contribution in [3.63, 3.8) is 0 Å². The van der Waals surface area contributed by atoms with Gasteiger partial charge >= 0.3 is 0 Å². The molecule has 8 rings (SSSR count). The molecule has 2 aromatic carbocycles. The van der Waals surface area contributed by atoms with Gasteiger partial charge in [-0.25, -0.2) is 9.97 Å². The lowest BCUT2D eigenvalue weighted by Crippen LogP contribution is -2.77. The van der Waals surface area contributed by atoms with E-state index in [4.69, 9.17) is 4.98 Å². The Bertz CT molecular complexity index is 1480. The third kappa shape index (κ3) is 2.58. The zero-order valence-corrected chi connectivity index (χ0v) is 23.6. The number of nitrogens with zero attached hydrogens (tertiary/aromatic N) is 5. The van der Waals surface area contributed by atoms with Crippen molar-refractivity contribution in [2.24, 2.45) is 17.3 Å². The minimum atomic E-state index is 0.0433. The molecule has 5 heterocycles. The summed E-state index contributed by atoms with van der Waals surface area (Å²) in [4.78, 5) is 17.1. The summed E-state index contributed by atoms with van der Waals surface area (Å²) in [6.07, 6.45) is 14.7. The number of hydrogen-bond donors (Lipinski definition) is 0. The van der Waals surface area contributed by atoms with Gasteiger partial charge in [0.15, 0.2) is 5.82 Å². The van der Waals surface area contributed by atoms with Crippen molar-refractivity contribution < 1.29 is 0 Å². The maximum atomic E-state index is 4.84. The molecule has 39 heavy (non-hydrogen) atoms. The number of rotatable bonds is 2. The molecule has 1 fully saturated rings. The van der Waals surface area contributed by atoms with Crippen LogP contribution in [0.3, 0.4) is 0 Å². The zero-order valence-electron chi connectivity index (χ0n) is 23.6. The van der Waals surface area contributed by atoms with Crippen molar-refractivity contribution >= 4 is 22.9 Å². The Labute approximate surface area is 232 Å². The SMILES string of the molecule is CCC12c3ccccc3N3c4cncnc4N(C)C3C1(CC)C1CC3C(C)CCC=CN3c3ccccc3C12. The van der Waals surface area contributed by atoms with Crippen LogP contribution in [-0.2, 0) is 5.41 Å². The highest BCUT2D eigenvalue weighted by atomic mass is 15.5. The van der Waals surface area contributed by atoms with E-state index < -0.39 is 0 Å². The lowest BCUT2D eigenvalue weighted by atomic mass is 9.31. The van der Waals surface area contributed by atoms with Crippen LogP contribution in [0.4, 0.5) is 22.9 Å². The maximum Gasteiger partial charge on any atom is 0.157 e. The van der Waals surface area contributed by atoms with Gasteiger partial charge < -0.3 is 14.7 Å². The second kappa shape index (κ2) is 8.09. The Kier molecular flexibility index (Phi) is 4.88. The molecular weight excluding hydrogens is 478 g/mol. The minimum Gasteiger partial charge on any atom is -0.345 e. The number of hydrogen-bond acceptors (Lipinski definition) is 5. The molecule has 7 atom stereocenters. The average molecular weight is 518 g/mol. The van der Waals surface area contributed by atoms with Crippen LogP contribution in [0.1, 0.15) is 69.9 Å². The van der Waals surface area contributed by atoms with Crippen LogP contribution in [-0.4, -0.2) is 29.2 Å². The molecule has 5 heteroatoms. The molecule has 7 unspecified atom stereocenters. The summed E-state index contributed by atoms with van der Waals surface area (Å²) in [6, 6.07) is 19.2. The smallest absolute Gasteiger partial charge is 0.157 e. The Morgan fingerprint density at radius 2 is 1.77 bits per heavy atom. The second-order valence-corrected chi connectivity index (χ2v) is 12.6. The summed E-state index contributed by atoms with van der Waals surface area (Å²) in [5.74, 6) is 2.76. The van der Waals surface area contributed by atoms with Crippen molar-refractivity contribution in [3.05, 3.63) is 84.5 Å². The van der Waals surface area contributed by atoms with Crippen molar-refractivity contribution in [2.75, 3.05) is 21.7 Å². The van der Waals surface area contributed by atoms with Crippen LogP contribution < -0.4 is 14.7 Å². The number of allylic oxidation sites excluding steroid dienone is 1. The lowest BCUT2D eigenvalue weighted by Gasteiger charge is -2.76. The fraction of sp³-hybridized carbons (Fsp3) is 0.471. The third-order valence-corrected chi connectivity index (χ3v) is 11.7. The fourth-order valence-electron chi connectivity index (χ4n) is 10.4. The molecule has 4 aliphatic heterocycles. The minimum absolute atomic E-state index is 0.0433. The van der Waals surface area contributed by atoms with Crippen LogP contribution in [0, 0.1) is 17.3 Å². The zero-order chi connectivity index (χ0) is 26.5. The first-order chi connectivity index (χ1) is 19.1. The molecular formula is C34H39N5. The molecule has 5 nitrogen and oxygen atoms in total. The van der Waals surface area contributed by atoms with Crippen LogP contribution in [0.25, 0.3) is 0 Å². The van der Waals surface area contributed by atoms with Gasteiger partial charge in [0, 0.05) is 41.5 Å². The quantitative estimate of drug-likeness (QED) is 0.354. The van der Waals surface area contributed by atoms with Gasteiger partial charge in [0.2, 0.25) is 0 Å². The molecule has 0 N–H and O–H groups in total. The van der Waals surface area contributed by atoms with E-state index >= 15 is 0 Å². The van der Waals surface area contributed by atoms with Gasteiger partial charge in [-0.05, 0) is 73.1 Å². The van der Waals surface area contributed by atoms with Crippen molar-refractivity contribution in [2.45, 2.75) is 76.4 Å². The Morgan fingerprint density at radius 1 is 0.974 bits per heavy atom. The monoisotopic (exact) mass is 517 g/mol. The van der Waals surface area contributed by atoms with Crippen molar-refractivity contribution in [1.82, 2.24) is 9.97 Å². The lowest BCUT2D eigenvalue weighted by molar-refractivity contribution is -0.146. The summed E-state index contributed by atoms with van der Waals surface area (Å²) in [5.41, 5.74) is 7.13. The Hall–Kier alpha value is -3.34. The molecule has 0 radical (unpaired) electrons. The molecule has 3 aromatic rings. The topological polar surface area (TPSA) is 35.5 Å². The van der Waals surface area contributed by atoms with E-state index in [1.54, 1.807) is 11.9 Å². The normalized spacial score (nSPS) is 35.3. The Morgan fingerprint density at radius 3 is 2.59 bits per heavy atom. The van der Waals surface area contributed by atoms with Gasteiger partial charge in [0.25, 0.3) is 0 Å². The first-order valence-electron chi connectivity index (χ1n) is 15.1. The first kappa shape index (κ1) is 23.5. The van der Waals surface area contributed by atoms with E-state index in [-0.39, 0.29) is 17.0 Å². The highest BCUT2D eigenvalue weighted by molar-refractivity contribution is 5.85. The van der Waals surface area contributed by atoms with Gasteiger partial charge in [-0.3, -0.25) is 0 Å². The van der Waals surface area contributed by atoms with E-state index in [9.17, 15) is 0 Å². The molecule has 0 saturated heterocycles. The Balaban J connectivity index is 1.44. The molecule has 0 bridgehead atoms. The van der Waals surface area contributed by atoms with E-state index in [1.807, 2.05) is 6.20 Å². The fourth-order valence-corrected chi connectivity index (χ4v) is 10.4. The summed E-state index contributed by atoms with van der Waals surface area (Å²) in [5, 5.41) is 0. The molecule has 0 amide bonds. The molecule has 5 aliphatic rings. The first-order valence-corrected chi connectivity index (χ1v) is 15.1. The number of benzene rings is 2. The molecule has 1 saturated carbocycles. The number of fused-ring (bicyclic) bond motifs is 15. The molecule has 0 spiro atoms. The largest absolute Gasteiger partial charge is 0.345 e. The summed E-state index contributed by atoms with van der Waals surface area (Å²) < 4.78 is 0. The van der Waals surface area contributed by atoms with Crippen LogP contribution >= 0.6 is 0 Å². The van der Waals surface area contributed by atoms with Gasteiger partial charge in [0.05, 0.1) is 6.20 Å². The molecule has 1 aromatic heterocycles. The summed E-state index contributed by atoms with van der Waals surface area (Å²) in [7, 11) is 2.28. The third-order valence-electron chi connectivity index (χ3n) is 11.7. The standard InChI is InChI=1S/C34H39N5/c1-5-33-24-15-8-10-17-27(24)39-29-20-35-21-36-31(29)37(4)32(39)34(33,6-2)25-19-28-22(3)13-11-12-18-38(28)26-16-9-7-14-23(26)30(25)33/h7-10,12,14-18,20-22,25,28,30,32H,5-6,11,13,19H2,1-4H3. The van der Waals surface area contributed by atoms with Crippen LogP contribution in [0.2, 0.25) is 0 Å². The van der Waals surface area contributed by atoms with E-state index in [0.717, 1.165) is 24.3 Å². The maximum absolute atomic E-state index is 4.84. The summed E-state index contributed by atoms with van der Waals surface area (Å²) >= 11 is 0. The average Bonchev–Trinajstić information content (AvgIpc) is 3.07.